The molecule has 6 heteroatoms. The van der Waals surface area contributed by atoms with Crippen molar-refractivity contribution < 1.29 is 14.3 Å². The molecule has 0 aliphatic carbocycles. The summed E-state index contributed by atoms with van der Waals surface area (Å²) in [5, 5.41) is 4.88. The van der Waals surface area contributed by atoms with Crippen LogP contribution in [0.5, 0.6) is 11.5 Å². The second-order valence-electron chi connectivity index (χ2n) is 7.21. The van der Waals surface area contributed by atoms with E-state index in [-0.39, 0.29) is 11.7 Å². The maximum atomic E-state index is 12.7. The van der Waals surface area contributed by atoms with E-state index < -0.39 is 0 Å². The third-order valence-electron chi connectivity index (χ3n) is 5.02. The van der Waals surface area contributed by atoms with Crippen LogP contribution in [0.3, 0.4) is 0 Å². The molecule has 0 fully saturated rings. The first-order valence-electron chi connectivity index (χ1n) is 10.2. The van der Waals surface area contributed by atoms with Gasteiger partial charge in [-0.3, -0.25) is 4.79 Å². The molecule has 4 rings (SSSR count). The van der Waals surface area contributed by atoms with E-state index in [9.17, 15) is 4.79 Å². The standard InChI is InChI=1S/C26H24N2O3S/c1-30-21-12-13-23(24(16-21)31-2)27-25(29)17-32-26-20(14-18-8-4-3-5-9-18)15-19-10-6-7-11-22(19)28-26/h3-13,15-16H,14,17H2,1-2H3,(H,27,29). The Hall–Kier alpha value is -3.51. The van der Waals surface area contributed by atoms with Crippen LogP contribution in [0.15, 0.2) is 83.9 Å². The van der Waals surface area contributed by atoms with E-state index in [4.69, 9.17) is 14.5 Å². The third kappa shape index (κ3) is 5.21. The van der Waals surface area contributed by atoms with Crippen LogP contribution in [0.25, 0.3) is 10.9 Å². The molecule has 1 N–H and O–H groups in total. The van der Waals surface area contributed by atoms with Gasteiger partial charge in [-0.1, -0.05) is 60.3 Å². The molecule has 3 aromatic carbocycles. The lowest BCUT2D eigenvalue weighted by molar-refractivity contribution is -0.113. The quantitative estimate of drug-likeness (QED) is 0.360. The van der Waals surface area contributed by atoms with Crippen LogP contribution in [0.1, 0.15) is 11.1 Å². The summed E-state index contributed by atoms with van der Waals surface area (Å²) >= 11 is 1.44. The molecule has 0 radical (unpaired) electrons. The van der Waals surface area contributed by atoms with E-state index in [2.05, 4.69) is 29.6 Å². The number of amides is 1. The van der Waals surface area contributed by atoms with Crippen molar-refractivity contribution in [2.75, 3.05) is 25.3 Å². The minimum Gasteiger partial charge on any atom is -0.497 e. The van der Waals surface area contributed by atoms with Gasteiger partial charge in [-0.2, -0.15) is 0 Å². The van der Waals surface area contributed by atoms with Crippen LogP contribution in [-0.4, -0.2) is 30.9 Å². The average Bonchev–Trinajstić information content (AvgIpc) is 2.83. The Morgan fingerprint density at radius 1 is 0.938 bits per heavy atom. The summed E-state index contributed by atoms with van der Waals surface area (Å²) in [5.74, 6) is 1.33. The number of carbonyl (C=O) groups excluding carboxylic acids is 1. The predicted octanol–water partition coefficient (Wildman–Crippen LogP) is 5.57. The SMILES string of the molecule is COc1ccc(NC(=O)CSc2nc3ccccc3cc2Cc2ccccc2)c(OC)c1. The minimum atomic E-state index is -0.126. The topological polar surface area (TPSA) is 60.5 Å². The molecule has 1 amide bonds. The van der Waals surface area contributed by atoms with Crippen molar-refractivity contribution in [1.82, 2.24) is 4.98 Å². The zero-order valence-electron chi connectivity index (χ0n) is 18.0. The molecule has 0 saturated carbocycles. The average molecular weight is 445 g/mol. The Kier molecular flexibility index (Phi) is 6.92. The number of benzene rings is 3. The number of nitrogens with one attached hydrogen (secondary N) is 1. The normalized spacial score (nSPS) is 10.7. The number of methoxy groups -OCH3 is 2. The molecule has 5 nitrogen and oxygen atoms in total. The van der Waals surface area contributed by atoms with E-state index in [1.807, 2.05) is 36.4 Å². The van der Waals surface area contributed by atoms with Crippen LogP contribution >= 0.6 is 11.8 Å². The number of pyridine rings is 1. The molecule has 4 aromatic rings. The van der Waals surface area contributed by atoms with Crippen LogP contribution in [0, 0.1) is 0 Å². The highest BCUT2D eigenvalue weighted by Gasteiger charge is 2.13. The van der Waals surface area contributed by atoms with Crippen LogP contribution in [0.2, 0.25) is 0 Å². The number of anilines is 1. The van der Waals surface area contributed by atoms with Gasteiger partial charge in [0.25, 0.3) is 0 Å². The summed E-state index contributed by atoms with van der Waals surface area (Å²) in [6.07, 6.45) is 0.759. The number of carbonyl (C=O) groups is 1. The molecular formula is C26H24N2O3S. The van der Waals surface area contributed by atoms with Gasteiger partial charge in [0.2, 0.25) is 5.91 Å². The fourth-order valence-corrected chi connectivity index (χ4v) is 4.25. The first-order chi connectivity index (χ1) is 15.7. The maximum Gasteiger partial charge on any atom is 0.234 e. The molecular weight excluding hydrogens is 420 g/mol. The van der Waals surface area contributed by atoms with Gasteiger partial charge in [0.15, 0.2) is 0 Å². The fourth-order valence-electron chi connectivity index (χ4n) is 3.43. The molecule has 32 heavy (non-hydrogen) atoms. The summed E-state index contributed by atoms with van der Waals surface area (Å²) in [4.78, 5) is 17.5. The lowest BCUT2D eigenvalue weighted by Crippen LogP contribution is -2.15. The second-order valence-corrected chi connectivity index (χ2v) is 8.17. The van der Waals surface area contributed by atoms with Crippen LogP contribution in [0.4, 0.5) is 5.69 Å². The van der Waals surface area contributed by atoms with E-state index >= 15 is 0 Å². The highest BCUT2D eigenvalue weighted by Crippen LogP contribution is 2.30. The Balaban J connectivity index is 1.53. The van der Waals surface area contributed by atoms with Crippen LogP contribution in [-0.2, 0) is 11.2 Å². The molecule has 0 spiro atoms. The summed E-state index contributed by atoms with van der Waals surface area (Å²) in [6.45, 7) is 0. The van der Waals surface area contributed by atoms with E-state index in [0.29, 0.717) is 17.2 Å². The van der Waals surface area contributed by atoms with Crippen molar-refractivity contribution in [1.29, 1.82) is 0 Å². The van der Waals surface area contributed by atoms with Gasteiger partial charge in [-0.25, -0.2) is 4.98 Å². The number of ether oxygens (including phenoxy) is 2. The predicted molar refractivity (Wildman–Crippen MR) is 130 cm³/mol. The van der Waals surface area contributed by atoms with E-state index in [1.165, 1.54) is 17.3 Å². The Morgan fingerprint density at radius 3 is 2.50 bits per heavy atom. The van der Waals surface area contributed by atoms with Crippen LogP contribution < -0.4 is 14.8 Å². The lowest BCUT2D eigenvalue weighted by atomic mass is 10.0. The summed E-state index contributed by atoms with van der Waals surface area (Å²) in [6, 6.07) is 25.8. The van der Waals surface area contributed by atoms with E-state index in [1.54, 1.807) is 32.4 Å². The zero-order valence-corrected chi connectivity index (χ0v) is 18.8. The fraction of sp³-hybridized carbons (Fsp3) is 0.154. The van der Waals surface area contributed by atoms with Crippen molar-refractivity contribution in [3.63, 3.8) is 0 Å². The number of thioether (sulfide) groups is 1. The molecule has 1 heterocycles. The van der Waals surface area contributed by atoms with Crippen molar-refractivity contribution in [2.24, 2.45) is 0 Å². The molecule has 0 aliphatic rings. The van der Waals surface area contributed by atoms with Crippen molar-refractivity contribution in [2.45, 2.75) is 11.4 Å². The second kappa shape index (κ2) is 10.2. The van der Waals surface area contributed by atoms with Crippen molar-refractivity contribution in [3.8, 4) is 11.5 Å². The molecule has 0 atom stereocenters. The first-order valence-corrected chi connectivity index (χ1v) is 11.2. The van der Waals surface area contributed by atoms with Gasteiger partial charge < -0.3 is 14.8 Å². The van der Waals surface area contributed by atoms with Gasteiger partial charge in [-0.15, -0.1) is 0 Å². The number of aromatic nitrogens is 1. The third-order valence-corrected chi connectivity index (χ3v) is 6.06. The van der Waals surface area contributed by atoms with E-state index in [0.717, 1.165) is 27.9 Å². The highest BCUT2D eigenvalue weighted by atomic mass is 32.2. The first kappa shape index (κ1) is 21.7. The molecule has 0 saturated heterocycles. The Morgan fingerprint density at radius 2 is 1.72 bits per heavy atom. The number of fused-ring (bicyclic) bond motifs is 1. The summed E-state index contributed by atoms with van der Waals surface area (Å²) < 4.78 is 10.6. The summed E-state index contributed by atoms with van der Waals surface area (Å²) in [7, 11) is 3.15. The van der Waals surface area contributed by atoms with Gasteiger partial charge in [0.05, 0.1) is 31.2 Å². The maximum absolute atomic E-state index is 12.7. The molecule has 0 bridgehead atoms. The Labute approximate surface area is 191 Å². The number of para-hydroxylation sites is 1. The van der Waals surface area contributed by atoms with Gasteiger partial charge in [0.1, 0.15) is 16.5 Å². The highest BCUT2D eigenvalue weighted by molar-refractivity contribution is 8.00. The number of hydrogen-bond donors (Lipinski definition) is 1. The Bertz CT molecular complexity index is 1230. The molecule has 162 valence electrons. The van der Waals surface area contributed by atoms with Crippen molar-refractivity contribution >= 4 is 34.3 Å². The number of hydrogen-bond acceptors (Lipinski definition) is 5. The number of nitrogens with zero attached hydrogens (tertiary/aromatic N) is 1. The van der Waals surface area contributed by atoms with Gasteiger partial charge >= 0.3 is 0 Å². The smallest absolute Gasteiger partial charge is 0.234 e. The largest absolute Gasteiger partial charge is 0.497 e. The van der Waals surface area contributed by atoms with Gasteiger partial charge in [-0.05, 0) is 35.4 Å². The monoisotopic (exact) mass is 444 g/mol. The van der Waals surface area contributed by atoms with Crippen molar-refractivity contribution in [3.05, 3.63) is 90.0 Å². The zero-order chi connectivity index (χ0) is 22.3. The molecule has 1 aromatic heterocycles. The lowest BCUT2D eigenvalue weighted by Gasteiger charge is -2.13. The molecule has 0 aliphatic heterocycles. The summed E-state index contributed by atoms with van der Waals surface area (Å²) in [5.41, 5.74) is 3.84. The number of rotatable bonds is 8. The molecule has 0 unspecified atom stereocenters. The minimum absolute atomic E-state index is 0.126. The van der Waals surface area contributed by atoms with Gasteiger partial charge in [0, 0.05) is 17.9 Å².